The van der Waals surface area contributed by atoms with Crippen molar-refractivity contribution in [3.8, 4) is 5.75 Å². The Kier molecular flexibility index (Phi) is 16.2. The van der Waals surface area contributed by atoms with Crippen molar-refractivity contribution < 1.29 is 18.9 Å². The van der Waals surface area contributed by atoms with E-state index in [-0.39, 0.29) is 11.2 Å². The number of benzene rings is 1. The van der Waals surface area contributed by atoms with E-state index in [0.29, 0.717) is 31.3 Å². The van der Waals surface area contributed by atoms with Gasteiger partial charge in [-0.3, -0.25) is 4.98 Å². The molecule has 3 saturated carbocycles. The smallest absolute Gasteiger partial charge is 0.150 e. The molecule has 0 atom stereocenters. The lowest BCUT2D eigenvalue weighted by Crippen LogP contribution is -2.38. The summed E-state index contributed by atoms with van der Waals surface area (Å²) in [6.07, 6.45) is 26.0. The number of nitrogens with one attached hydrogen (secondary N) is 3. The van der Waals surface area contributed by atoms with E-state index in [1.54, 1.807) is 60.1 Å². The number of aromatic nitrogens is 8. The molecule has 9 aromatic rings. The summed E-state index contributed by atoms with van der Waals surface area (Å²) in [5.74, 6) is 4.79. The van der Waals surface area contributed by atoms with Crippen LogP contribution in [-0.2, 0) is 40.3 Å². The summed E-state index contributed by atoms with van der Waals surface area (Å²) in [6, 6.07) is 5.68. The molecule has 8 aromatic heterocycles. The van der Waals surface area contributed by atoms with Gasteiger partial charge >= 0.3 is 0 Å². The highest BCUT2D eigenvalue weighted by Gasteiger charge is 2.34. The quantitative estimate of drug-likeness (QED) is 0.131. The zero-order valence-corrected chi connectivity index (χ0v) is 52.2. The van der Waals surface area contributed by atoms with Crippen LogP contribution >= 0.6 is 49.9 Å². The highest BCUT2D eigenvalue weighted by molar-refractivity contribution is 9.10. The standard InChI is InChI=1S/C24H31N5O2S.C21H26N4OS.C17H18BrN3OS/c1-24(2)12-16-17(13-31-24)28-22(29-8-10-30-11-9-29)18-19-21(27-15-6-4-3-5-7-15)25-14-26-23(19)32-20(16)18;1-12-15-10-26-21(2,3)9-14(15)18-17(24-12)16-19(22-11-23-20(16)27-18)25-13-7-5-4-6-8-13;1-22-14-12(18)8-7-11-13-16(21-10-5-3-2-4-6-10)19-9-20-17(13)23-15(11)14/h14-15H,3-13H2,1-2H3,(H,25,26,27);11,13H,4-10H2,1-3H3,(H,22,23,25);7-10H,2-6H2,1H3,(H,19,20,21). The Morgan fingerprint density at radius 1 is 0.573 bits per heavy atom. The number of rotatable bonds is 8. The number of pyridine rings is 2. The molecule has 82 heavy (non-hydrogen) atoms. The summed E-state index contributed by atoms with van der Waals surface area (Å²) in [7, 11) is 1.71. The number of nitrogens with zero attached hydrogens (tertiary/aromatic N) is 9. The van der Waals surface area contributed by atoms with Crippen LogP contribution in [0, 0.1) is 6.92 Å². The summed E-state index contributed by atoms with van der Waals surface area (Å²) in [6.45, 7) is 15.1. The Morgan fingerprint density at radius 2 is 1.09 bits per heavy atom. The summed E-state index contributed by atoms with van der Waals surface area (Å²) < 4.78 is 28.0. The van der Waals surface area contributed by atoms with Gasteiger partial charge in [0.05, 0.1) is 86.0 Å². The maximum atomic E-state index is 6.14. The molecule has 0 radical (unpaired) electrons. The van der Waals surface area contributed by atoms with Crippen LogP contribution in [0.15, 0.2) is 35.6 Å². The van der Waals surface area contributed by atoms with Gasteiger partial charge in [0, 0.05) is 70.8 Å². The van der Waals surface area contributed by atoms with Crippen molar-refractivity contribution in [1.82, 2.24) is 39.9 Å². The first-order chi connectivity index (χ1) is 39.9. The second-order valence-electron chi connectivity index (χ2n) is 24.4. The van der Waals surface area contributed by atoms with Crippen molar-refractivity contribution in [3.63, 3.8) is 0 Å². The van der Waals surface area contributed by atoms with Gasteiger partial charge in [-0.15, -0.1) is 34.0 Å². The molecule has 3 aliphatic carbocycles. The Morgan fingerprint density at radius 3 is 1.68 bits per heavy atom. The minimum Gasteiger partial charge on any atom is -0.494 e. The minimum atomic E-state index is -0.187. The molecule has 432 valence electrons. The summed E-state index contributed by atoms with van der Waals surface area (Å²) in [4.78, 5) is 43.3. The molecule has 1 saturated heterocycles. The normalized spacial score (nSPS) is 19.6. The van der Waals surface area contributed by atoms with Gasteiger partial charge < -0.3 is 39.8 Å². The van der Waals surface area contributed by atoms with Crippen molar-refractivity contribution in [3.05, 3.63) is 63.7 Å². The van der Waals surface area contributed by atoms with E-state index in [4.69, 9.17) is 38.9 Å². The van der Waals surface area contributed by atoms with Crippen LogP contribution < -0.4 is 25.6 Å². The number of fused-ring (bicyclic) bond motifs is 13. The molecule has 6 aliphatic rings. The van der Waals surface area contributed by atoms with Crippen molar-refractivity contribution in [1.29, 1.82) is 0 Å². The van der Waals surface area contributed by atoms with Crippen LogP contribution in [0.25, 0.3) is 61.0 Å². The number of methoxy groups -OCH3 is 1. The summed E-state index contributed by atoms with van der Waals surface area (Å²) in [5, 5.41) is 16.9. The van der Waals surface area contributed by atoms with Gasteiger partial charge in [0.2, 0.25) is 0 Å². The Labute approximate surface area is 499 Å². The molecule has 3 aliphatic heterocycles. The fraction of sp³-hybridized carbons (Fsp3) is 0.548. The fourth-order valence-corrected chi connectivity index (χ4v) is 17.3. The number of halogens is 1. The lowest BCUT2D eigenvalue weighted by Gasteiger charge is -2.34. The van der Waals surface area contributed by atoms with Crippen molar-refractivity contribution in [2.45, 2.75) is 186 Å². The first-order valence-corrected chi connectivity index (χ1v) is 33.1. The molecule has 1 aromatic carbocycles. The molecular formula is C62H75BrN12O4S3. The summed E-state index contributed by atoms with van der Waals surface area (Å²) >= 11 is 8.76. The van der Waals surface area contributed by atoms with Gasteiger partial charge in [0.25, 0.3) is 0 Å². The molecule has 16 nitrogen and oxygen atoms in total. The van der Waals surface area contributed by atoms with Gasteiger partial charge in [-0.2, -0.15) is 0 Å². The molecular weight excluding hydrogens is 1150 g/mol. The van der Waals surface area contributed by atoms with Crippen molar-refractivity contribution in [2.75, 3.05) is 54.3 Å². The first-order valence-electron chi connectivity index (χ1n) is 29.8. The highest BCUT2D eigenvalue weighted by Crippen LogP contribution is 2.48. The molecule has 3 N–H and O–H groups in total. The molecule has 0 unspecified atom stereocenters. The zero-order chi connectivity index (χ0) is 56.1. The van der Waals surface area contributed by atoms with Crippen LogP contribution in [0.1, 0.15) is 152 Å². The van der Waals surface area contributed by atoms with Crippen LogP contribution in [0.3, 0.4) is 0 Å². The van der Waals surface area contributed by atoms with Crippen molar-refractivity contribution >= 4 is 134 Å². The lowest BCUT2D eigenvalue weighted by atomic mass is 9.91. The average Bonchev–Trinajstić information content (AvgIpc) is 2.79. The third kappa shape index (κ3) is 11.3. The number of hydrogen-bond acceptors (Lipinski definition) is 19. The van der Waals surface area contributed by atoms with Gasteiger partial charge in [-0.25, -0.2) is 34.9 Å². The Balaban J connectivity index is 0.000000117. The molecule has 0 spiro atoms. The van der Waals surface area contributed by atoms with E-state index in [0.717, 1.165) is 130 Å². The molecule has 0 amide bonds. The van der Waals surface area contributed by atoms with Gasteiger partial charge in [0.15, 0.2) is 5.75 Å². The van der Waals surface area contributed by atoms with Crippen LogP contribution in [-0.4, -0.2) is 103 Å². The van der Waals surface area contributed by atoms with E-state index in [1.807, 2.05) is 6.07 Å². The van der Waals surface area contributed by atoms with Crippen LogP contribution in [0.5, 0.6) is 5.75 Å². The molecule has 11 heterocycles. The minimum absolute atomic E-state index is 0.140. The second kappa shape index (κ2) is 23.7. The Hall–Kier alpha value is -5.22. The maximum absolute atomic E-state index is 6.14. The second-order valence-corrected chi connectivity index (χ2v) is 28.2. The number of morpholine rings is 1. The zero-order valence-electron chi connectivity index (χ0n) is 48.1. The number of ether oxygens (including phenoxy) is 4. The third-order valence-corrected chi connectivity index (χ3v) is 21.5. The molecule has 15 rings (SSSR count). The van der Waals surface area contributed by atoms with Gasteiger partial charge in [-0.05, 0) is 106 Å². The fourth-order valence-electron chi connectivity index (χ4n) is 13.2. The topological polar surface area (TPSA) is 179 Å². The van der Waals surface area contributed by atoms with E-state index < -0.39 is 0 Å². The lowest BCUT2D eigenvalue weighted by molar-refractivity contribution is -0.0415. The maximum Gasteiger partial charge on any atom is 0.150 e. The monoisotopic (exact) mass is 1230 g/mol. The first kappa shape index (κ1) is 55.9. The average molecular weight is 1230 g/mol. The van der Waals surface area contributed by atoms with E-state index >= 15 is 0 Å². The molecule has 20 heteroatoms. The molecule has 0 bridgehead atoms. The molecule has 4 fully saturated rings. The summed E-state index contributed by atoms with van der Waals surface area (Å²) in [5.41, 5.74) is 6.83. The van der Waals surface area contributed by atoms with E-state index in [2.05, 4.69) is 97.4 Å². The highest BCUT2D eigenvalue weighted by atomic mass is 79.9. The van der Waals surface area contributed by atoms with Crippen molar-refractivity contribution in [2.24, 2.45) is 0 Å². The predicted molar refractivity (Wildman–Crippen MR) is 339 cm³/mol. The number of thiophene rings is 3. The van der Waals surface area contributed by atoms with Gasteiger partial charge in [0.1, 0.15) is 56.7 Å². The van der Waals surface area contributed by atoms with E-state index in [9.17, 15) is 0 Å². The van der Waals surface area contributed by atoms with Gasteiger partial charge in [-0.1, -0.05) is 63.9 Å². The van der Waals surface area contributed by atoms with Crippen LogP contribution in [0.4, 0.5) is 23.3 Å². The number of anilines is 4. The predicted octanol–water partition coefficient (Wildman–Crippen LogP) is 15.2. The SMILES string of the molecule is CC1(C)Cc2c(nc(N3CCOCC3)c3c2sc2ncnc(NC4CCCCC4)c23)CO1.COc1c(Br)ccc2c1sc1ncnc(NC3CCCCC3)c12.Cc1nc2c(sc3ncnc(NC4CCCCC4)c32)c2c1COC(C)(C)C2. The van der Waals surface area contributed by atoms with E-state index in [1.165, 1.54) is 128 Å². The third-order valence-electron chi connectivity index (χ3n) is 17.5. The Bertz CT molecular complexity index is 3800. The number of aryl methyl sites for hydroxylation is 1. The van der Waals surface area contributed by atoms with Crippen LogP contribution in [0.2, 0.25) is 0 Å². The largest absolute Gasteiger partial charge is 0.494 e. The number of hydrogen-bond donors (Lipinski definition) is 3.